The quantitative estimate of drug-likeness (QED) is 0.0409. The zero-order valence-corrected chi connectivity index (χ0v) is 44.2. The van der Waals surface area contributed by atoms with Gasteiger partial charge in [-0.05, 0) is 55.2 Å². The molecule has 2 aromatic carbocycles. The highest BCUT2D eigenvalue weighted by molar-refractivity contribution is 7.89. The van der Waals surface area contributed by atoms with E-state index in [-0.39, 0.29) is 75.3 Å². The second kappa shape index (κ2) is 26.1. The van der Waals surface area contributed by atoms with Crippen LogP contribution in [0.4, 0.5) is 5.13 Å². The SMILES string of the molecule is Cc1ncsc1-c1ccc(CNC(=O)[C@@H]2C[C@@H](O)CN2C(=O)[C@@H](NC(=O)CCCCCNC(=O)CCCOCC[C@H](NC(=O)c2ccn(S(C)(=O)=O)c2)C(=O)Nc2nc(-c3ccccc3)cs2)C(C)(C)C)cc1. The van der Waals surface area contributed by atoms with Crippen molar-refractivity contribution in [1.29, 1.82) is 0 Å². The second-order valence-corrected chi connectivity index (χ2v) is 22.6. The van der Waals surface area contributed by atoms with Crippen molar-refractivity contribution in [3.8, 4) is 21.7 Å². The number of hydrogen-bond donors (Lipinski definition) is 6. The molecule has 0 saturated carbocycles. The summed E-state index contributed by atoms with van der Waals surface area (Å²) in [6.45, 7) is 8.37. The van der Waals surface area contributed by atoms with E-state index in [0.717, 1.165) is 37.5 Å². The Morgan fingerprint density at radius 3 is 2.30 bits per heavy atom. The van der Waals surface area contributed by atoms with E-state index in [0.29, 0.717) is 43.1 Å². The van der Waals surface area contributed by atoms with E-state index in [1.54, 1.807) is 22.2 Å². The second-order valence-electron chi connectivity index (χ2n) is 19.0. The van der Waals surface area contributed by atoms with Crippen LogP contribution >= 0.6 is 22.7 Å². The number of rotatable bonds is 25. The number of β-amino-alcohol motifs (C(OH)–C–C–N with tert-alkyl or cyclic N) is 1. The van der Waals surface area contributed by atoms with Crippen molar-refractivity contribution in [3.05, 3.63) is 101 Å². The largest absolute Gasteiger partial charge is 0.391 e. The molecule has 6 N–H and O–H groups in total. The first-order valence-electron chi connectivity index (χ1n) is 24.2. The summed E-state index contributed by atoms with van der Waals surface area (Å²) in [5.74, 6) is -2.49. The van der Waals surface area contributed by atoms with Gasteiger partial charge in [-0.2, -0.15) is 0 Å². The predicted octanol–water partition coefficient (Wildman–Crippen LogP) is 5.26. The fourth-order valence-corrected chi connectivity index (χ4v) is 10.2. The summed E-state index contributed by atoms with van der Waals surface area (Å²) in [5, 5.41) is 26.8. The number of carbonyl (C=O) groups excluding carboxylic acids is 6. The van der Waals surface area contributed by atoms with Gasteiger partial charge in [-0.1, -0.05) is 81.8 Å². The van der Waals surface area contributed by atoms with Crippen LogP contribution in [-0.4, -0.2) is 125 Å². The Labute approximate surface area is 434 Å². The average Bonchev–Trinajstić information content (AvgIpc) is 4.20. The number of unbranched alkanes of at least 4 members (excludes halogenated alkanes) is 2. The fraction of sp³-hybridized carbons (Fsp3) is 0.451. The third-order valence-electron chi connectivity index (χ3n) is 12.1. The molecular weight excluding hydrogens is 995 g/mol. The molecule has 0 radical (unpaired) electrons. The van der Waals surface area contributed by atoms with Gasteiger partial charge < -0.3 is 41.3 Å². The van der Waals surface area contributed by atoms with Crippen molar-refractivity contribution >= 4 is 73.3 Å². The van der Waals surface area contributed by atoms with E-state index in [4.69, 9.17) is 4.74 Å². The van der Waals surface area contributed by atoms with Gasteiger partial charge in [0.25, 0.3) is 5.91 Å². The Hall–Kier alpha value is -6.33. The molecule has 0 unspecified atom stereocenters. The third-order valence-corrected chi connectivity index (χ3v) is 14.8. The number of anilines is 1. The maximum absolute atomic E-state index is 14.0. The predicted molar refractivity (Wildman–Crippen MR) is 280 cm³/mol. The highest BCUT2D eigenvalue weighted by Crippen LogP contribution is 2.29. The van der Waals surface area contributed by atoms with Crippen molar-refractivity contribution in [1.82, 2.24) is 40.1 Å². The van der Waals surface area contributed by atoms with Gasteiger partial charge in [0, 0.05) is 75.4 Å². The molecule has 0 aliphatic carbocycles. The van der Waals surface area contributed by atoms with E-state index in [1.165, 1.54) is 34.7 Å². The monoisotopic (exact) mass is 1060 g/mol. The van der Waals surface area contributed by atoms with Gasteiger partial charge in [-0.15, -0.1) is 22.7 Å². The summed E-state index contributed by atoms with van der Waals surface area (Å²) in [6, 6.07) is 15.7. The van der Waals surface area contributed by atoms with Crippen molar-refractivity contribution < 1.29 is 47.0 Å². The molecule has 0 bridgehead atoms. The van der Waals surface area contributed by atoms with Crippen LogP contribution in [0.1, 0.15) is 93.8 Å². The van der Waals surface area contributed by atoms with Gasteiger partial charge in [0.15, 0.2) is 5.13 Å². The van der Waals surface area contributed by atoms with Crippen LogP contribution < -0.4 is 26.6 Å². The maximum Gasteiger partial charge on any atom is 0.253 e. The number of aliphatic hydroxyl groups excluding tert-OH is 1. The summed E-state index contributed by atoms with van der Waals surface area (Å²) >= 11 is 2.79. The van der Waals surface area contributed by atoms with Gasteiger partial charge >= 0.3 is 0 Å². The van der Waals surface area contributed by atoms with Crippen LogP contribution in [0, 0.1) is 12.3 Å². The molecule has 1 aliphatic rings. The number of nitrogens with zero attached hydrogens (tertiary/aromatic N) is 4. The number of carbonyl (C=O) groups is 6. The first-order valence-corrected chi connectivity index (χ1v) is 27.8. The number of amides is 6. The lowest BCUT2D eigenvalue weighted by Crippen LogP contribution is -2.57. The van der Waals surface area contributed by atoms with Crippen molar-refractivity contribution in [2.75, 3.05) is 37.9 Å². The van der Waals surface area contributed by atoms with Crippen LogP contribution in [0.15, 0.2) is 83.9 Å². The molecule has 5 aromatic rings. The highest BCUT2D eigenvalue weighted by Gasteiger charge is 2.44. The first kappa shape index (κ1) is 56.0. The van der Waals surface area contributed by atoms with Gasteiger partial charge in [0.2, 0.25) is 39.6 Å². The van der Waals surface area contributed by atoms with E-state index in [9.17, 15) is 42.3 Å². The number of aryl methyl sites for hydroxylation is 1. The van der Waals surface area contributed by atoms with Crippen LogP contribution in [0.5, 0.6) is 0 Å². The van der Waals surface area contributed by atoms with Gasteiger partial charge in [0.05, 0.1) is 39.7 Å². The number of ether oxygens (including phenoxy) is 1. The summed E-state index contributed by atoms with van der Waals surface area (Å²) in [4.78, 5) is 91.1. The molecule has 3 aromatic heterocycles. The van der Waals surface area contributed by atoms with Crippen LogP contribution in [-0.2, 0) is 45.3 Å². The lowest BCUT2D eigenvalue weighted by Gasteiger charge is -2.35. The Kier molecular flexibility index (Phi) is 20.0. The zero-order chi connectivity index (χ0) is 52.7. The fourth-order valence-electron chi connectivity index (χ4n) is 8.05. The Morgan fingerprint density at radius 2 is 1.62 bits per heavy atom. The van der Waals surface area contributed by atoms with E-state index in [1.807, 2.05) is 82.3 Å². The van der Waals surface area contributed by atoms with E-state index < -0.39 is 57.4 Å². The molecule has 22 heteroatoms. The lowest BCUT2D eigenvalue weighted by molar-refractivity contribution is -0.144. The number of benzene rings is 2. The topological polar surface area (TPSA) is 260 Å². The van der Waals surface area contributed by atoms with E-state index >= 15 is 0 Å². The summed E-state index contributed by atoms with van der Waals surface area (Å²) < 4.78 is 30.6. The standard InChI is InChI=1S/C51H65N9O10S3/c1-33-44(72-32-54-33)36-19-17-34(18-20-36)28-53-48(66)41-27-38(61)30-60(41)49(67)45(51(2,3)4)57-43(63)15-10-7-11-23-52-42(62)16-12-25-70-26-22-39(55-46(64)37-21-24-59(29-37)73(5,68)69)47(65)58-50-56-40(31-71-50)35-13-8-6-9-14-35/h6,8-9,13-14,17-21,24,29,31-32,38-39,41,45,61H,7,10-12,15-16,22-23,25-28,30H2,1-5H3,(H,52,62)(H,53,66)(H,55,64)(H,57,63)(H,56,58,65)/t38-,39+,41+,45-/m1/s1. The molecule has 1 aliphatic heterocycles. The number of thiazole rings is 2. The number of aromatic nitrogens is 3. The van der Waals surface area contributed by atoms with Crippen LogP contribution in [0.3, 0.4) is 0 Å². The molecule has 1 saturated heterocycles. The molecule has 4 heterocycles. The molecular formula is C51H65N9O10S3. The molecule has 1 fully saturated rings. The van der Waals surface area contributed by atoms with Crippen molar-refractivity contribution in [3.63, 3.8) is 0 Å². The van der Waals surface area contributed by atoms with Crippen molar-refractivity contribution in [2.45, 2.75) is 110 Å². The Bertz CT molecular complexity index is 2790. The lowest BCUT2D eigenvalue weighted by atomic mass is 9.85. The Balaban J connectivity index is 0.875. The van der Waals surface area contributed by atoms with Crippen LogP contribution in [0.25, 0.3) is 21.7 Å². The number of likely N-dealkylation sites (tertiary alicyclic amines) is 1. The average molecular weight is 1060 g/mol. The van der Waals surface area contributed by atoms with E-state index in [2.05, 4.69) is 36.6 Å². The molecule has 392 valence electrons. The van der Waals surface area contributed by atoms with Gasteiger partial charge in [0.1, 0.15) is 18.1 Å². The summed E-state index contributed by atoms with van der Waals surface area (Å²) in [7, 11) is -3.62. The molecule has 4 atom stereocenters. The molecule has 0 spiro atoms. The minimum Gasteiger partial charge on any atom is -0.391 e. The van der Waals surface area contributed by atoms with Gasteiger partial charge in [-0.25, -0.2) is 18.4 Å². The number of hydrogen-bond acceptors (Lipinski definition) is 14. The summed E-state index contributed by atoms with van der Waals surface area (Å²) in [5.41, 5.74) is 5.58. The normalized spacial score (nSPS) is 15.6. The van der Waals surface area contributed by atoms with Crippen LogP contribution in [0.2, 0.25) is 0 Å². The summed E-state index contributed by atoms with van der Waals surface area (Å²) in [6.07, 6.45) is 5.22. The number of aliphatic hydroxyl groups is 1. The minimum atomic E-state index is -3.62. The molecule has 19 nitrogen and oxygen atoms in total. The maximum atomic E-state index is 14.0. The molecule has 6 rings (SSSR count). The first-order chi connectivity index (χ1) is 34.8. The minimum absolute atomic E-state index is 0.0242. The van der Waals surface area contributed by atoms with Crippen molar-refractivity contribution in [2.24, 2.45) is 5.41 Å². The smallest absolute Gasteiger partial charge is 0.253 e. The molecule has 73 heavy (non-hydrogen) atoms. The van der Waals surface area contributed by atoms with Gasteiger partial charge in [-0.3, -0.25) is 32.7 Å². The zero-order valence-electron chi connectivity index (χ0n) is 41.7. The Morgan fingerprint density at radius 1 is 0.877 bits per heavy atom. The third kappa shape index (κ3) is 16.6. The highest BCUT2D eigenvalue weighted by atomic mass is 32.2. The number of nitrogens with one attached hydrogen (secondary N) is 5. The molecule has 6 amide bonds.